The number of ether oxygens (including phenoxy) is 2. The van der Waals surface area contributed by atoms with Gasteiger partial charge < -0.3 is 14.6 Å². The molecule has 0 aromatic carbocycles. The molecule has 74 valence electrons. The molecule has 0 amide bonds. The second kappa shape index (κ2) is 5.98. The van der Waals surface area contributed by atoms with Gasteiger partial charge in [-0.15, -0.1) is 12.3 Å². The number of hydrogen-bond acceptors (Lipinski definition) is 3. The summed E-state index contributed by atoms with van der Waals surface area (Å²) in [5.74, 6) is 2.46. The topological polar surface area (TPSA) is 38.7 Å². The summed E-state index contributed by atoms with van der Waals surface area (Å²) in [4.78, 5) is 0. The van der Waals surface area contributed by atoms with E-state index in [1.807, 2.05) is 0 Å². The first-order valence-corrected chi connectivity index (χ1v) is 4.71. The van der Waals surface area contributed by atoms with E-state index in [2.05, 4.69) is 5.92 Å². The van der Waals surface area contributed by atoms with E-state index >= 15 is 0 Å². The van der Waals surface area contributed by atoms with Crippen LogP contribution in [0.3, 0.4) is 0 Å². The maximum Gasteiger partial charge on any atom is 0.160 e. The summed E-state index contributed by atoms with van der Waals surface area (Å²) in [6.07, 6.45) is 8.12. The van der Waals surface area contributed by atoms with Gasteiger partial charge in [-0.25, -0.2) is 0 Å². The van der Waals surface area contributed by atoms with Crippen LogP contribution in [0.5, 0.6) is 0 Å². The molecule has 1 rings (SSSR count). The van der Waals surface area contributed by atoms with E-state index in [1.165, 1.54) is 0 Å². The van der Waals surface area contributed by atoms with Gasteiger partial charge >= 0.3 is 0 Å². The minimum atomic E-state index is -0.779. The third-order valence-electron chi connectivity index (χ3n) is 1.98. The lowest BCUT2D eigenvalue weighted by Gasteiger charge is -2.24. The maximum absolute atomic E-state index is 9.33. The monoisotopic (exact) mass is 184 g/mol. The highest BCUT2D eigenvalue weighted by Gasteiger charge is 2.17. The summed E-state index contributed by atoms with van der Waals surface area (Å²) in [6, 6.07) is 0. The molecule has 0 saturated carbocycles. The Morgan fingerprint density at radius 2 is 2.46 bits per heavy atom. The van der Waals surface area contributed by atoms with Gasteiger partial charge in [-0.2, -0.15) is 0 Å². The molecule has 1 aliphatic heterocycles. The third-order valence-corrected chi connectivity index (χ3v) is 1.98. The Morgan fingerprint density at radius 1 is 1.62 bits per heavy atom. The van der Waals surface area contributed by atoms with Crippen molar-refractivity contribution in [1.29, 1.82) is 0 Å². The van der Waals surface area contributed by atoms with Gasteiger partial charge in [0.25, 0.3) is 0 Å². The van der Waals surface area contributed by atoms with E-state index in [9.17, 15) is 5.11 Å². The summed E-state index contributed by atoms with van der Waals surface area (Å²) in [6.45, 7) is 0.729. The zero-order valence-electron chi connectivity index (χ0n) is 7.74. The van der Waals surface area contributed by atoms with E-state index in [0.29, 0.717) is 12.8 Å². The Balaban J connectivity index is 2.11. The van der Waals surface area contributed by atoms with E-state index in [1.54, 1.807) is 0 Å². The maximum atomic E-state index is 9.33. The summed E-state index contributed by atoms with van der Waals surface area (Å²) < 4.78 is 10.5. The predicted molar refractivity (Wildman–Crippen MR) is 48.7 cm³/mol. The first-order chi connectivity index (χ1) is 6.33. The molecular formula is C10H16O3. The van der Waals surface area contributed by atoms with Crippen LogP contribution in [-0.4, -0.2) is 24.3 Å². The lowest BCUT2D eigenvalue weighted by atomic mass is 10.2. The number of terminal acetylenes is 1. The van der Waals surface area contributed by atoms with Crippen molar-refractivity contribution in [2.45, 2.75) is 44.7 Å². The van der Waals surface area contributed by atoms with Crippen molar-refractivity contribution in [3.8, 4) is 12.3 Å². The molecule has 1 N–H and O–H groups in total. The van der Waals surface area contributed by atoms with Crippen LogP contribution in [0.15, 0.2) is 0 Å². The first-order valence-electron chi connectivity index (χ1n) is 4.71. The Kier molecular flexibility index (Phi) is 4.84. The molecule has 0 aromatic heterocycles. The smallest absolute Gasteiger partial charge is 0.160 e. The van der Waals surface area contributed by atoms with Crippen LogP contribution in [0.2, 0.25) is 0 Å². The summed E-state index contributed by atoms with van der Waals surface area (Å²) in [5, 5.41) is 9.33. The molecule has 0 aromatic rings. The molecule has 0 bridgehead atoms. The molecule has 1 heterocycles. The van der Waals surface area contributed by atoms with Gasteiger partial charge in [-0.1, -0.05) is 0 Å². The fraction of sp³-hybridized carbons (Fsp3) is 0.800. The van der Waals surface area contributed by atoms with Crippen LogP contribution in [0.1, 0.15) is 32.1 Å². The fourth-order valence-corrected chi connectivity index (χ4v) is 1.27. The van der Waals surface area contributed by atoms with Crippen LogP contribution in [-0.2, 0) is 9.47 Å². The summed E-state index contributed by atoms with van der Waals surface area (Å²) >= 11 is 0. The molecule has 1 aliphatic rings. The van der Waals surface area contributed by atoms with Crippen molar-refractivity contribution in [1.82, 2.24) is 0 Å². The van der Waals surface area contributed by atoms with Crippen molar-refractivity contribution in [2.24, 2.45) is 0 Å². The summed E-state index contributed by atoms with van der Waals surface area (Å²) in [7, 11) is 0. The van der Waals surface area contributed by atoms with Gasteiger partial charge in [-0.3, -0.25) is 0 Å². The van der Waals surface area contributed by atoms with Gasteiger partial charge in [0.2, 0.25) is 0 Å². The van der Waals surface area contributed by atoms with Crippen LogP contribution in [0.25, 0.3) is 0 Å². The first kappa shape index (κ1) is 10.5. The zero-order chi connectivity index (χ0) is 9.52. The Hall–Kier alpha value is -0.560. The zero-order valence-corrected chi connectivity index (χ0v) is 7.74. The van der Waals surface area contributed by atoms with E-state index in [4.69, 9.17) is 15.9 Å². The molecule has 0 unspecified atom stereocenters. The normalized spacial score (nSPS) is 25.1. The van der Waals surface area contributed by atoms with E-state index < -0.39 is 6.29 Å². The molecule has 1 saturated heterocycles. The SMILES string of the molecule is C#CCC[C@H](O)O[C@H]1CCCCO1. The Bertz CT molecular complexity index is 167. The van der Waals surface area contributed by atoms with Crippen molar-refractivity contribution < 1.29 is 14.6 Å². The highest BCUT2D eigenvalue weighted by molar-refractivity contribution is 4.83. The van der Waals surface area contributed by atoms with Crippen LogP contribution in [0, 0.1) is 12.3 Å². The molecule has 2 atom stereocenters. The van der Waals surface area contributed by atoms with E-state index in [0.717, 1.165) is 25.9 Å². The lowest BCUT2D eigenvalue weighted by Crippen LogP contribution is -2.27. The van der Waals surface area contributed by atoms with Gasteiger partial charge in [-0.05, 0) is 19.3 Å². The molecule has 3 heteroatoms. The average molecular weight is 184 g/mol. The highest BCUT2D eigenvalue weighted by Crippen LogP contribution is 2.15. The standard InChI is InChI=1S/C10H16O3/c1-2-3-6-9(11)13-10-7-4-5-8-12-10/h1,9-11H,3-8H2/t9-,10+/m1/s1. The molecule has 0 spiro atoms. The van der Waals surface area contributed by atoms with E-state index in [-0.39, 0.29) is 6.29 Å². The molecule has 13 heavy (non-hydrogen) atoms. The number of aliphatic hydroxyl groups is 1. The largest absolute Gasteiger partial charge is 0.368 e. The van der Waals surface area contributed by atoms with Gasteiger partial charge in [0, 0.05) is 19.4 Å². The molecular weight excluding hydrogens is 168 g/mol. The molecule has 1 fully saturated rings. The second-order valence-electron chi connectivity index (χ2n) is 3.13. The Labute approximate surface area is 79.0 Å². The molecule has 3 nitrogen and oxygen atoms in total. The van der Waals surface area contributed by atoms with Crippen LogP contribution >= 0.6 is 0 Å². The number of hydrogen-bond donors (Lipinski definition) is 1. The highest BCUT2D eigenvalue weighted by atomic mass is 16.7. The minimum Gasteiger partial charge on any atom is -0.368 e. The second-order valence-corrected chi connectivity index (χ2v) is 3.13. The van der Waals surface area contributed by atoms with Gasteiger partial charge in [0.1, 0.15) is 0 Å². The Morgan fingerprint density at radius 3 is 3.08 bits per heavy atom. The molecule has 0 aliphatic carbocycles. The van der Waals surface area contributed by atoms with Crippen LogP contribution in [0.4, 0.5) is 0 Å². The van der Waals surface area contributed by atoms with Gasteiger partial charge in [0.15, 0.2) is 12.6 Å². The predicted octanol–water partition coefficient (Wildman–Crippen LogP) is 1.26. The third kappa shape index (κ3) is 4.28. The van der Waals surface area contributed by atoms with Crippen molar-refractivity contribution in [3.05, 3.63) is 0 Å². The summed E-state index contributed by atoms with van der Waals surface area (Å²) in [5.41, 5.74) is 0. The number of aliphatic hydroxyl groups excluding tert-OH is 1. The van der Waals surface area contributed by atoms with Crippen molar-refractivity contribution in [2.75, 3.05) is 6.61 Å². The van der Waals surface area contributed by atoms with Crippen LogP contribution < -0.4 is 0 Å². The minimum absolute atomic E-state index is 0.235. The van der Waals surface area contributed by atoms with Crippen molar-refractivity contribution >= 4 is 0 Å². The molecule has 0 radical (unpaired) electrons. The lowest BCUT2D eigenvalue weighted by molar-refractivity contribution is -0.241. The quantitative estimate of drug-likeness (QED) is 0.528. The van der Waals surface area contributed by atoms with Crippen molar-refractivity contribution in [3.63, 3.8) is 0 Å². The average Bonchev–Trinajstić information content (AvgIpc) is 2.16. The fourth-order valence-electron chi connectivity index (χ4n) is 1.27. The van der Waals surface area contributed by atoms with Gasteiger partial charge in [0.05, 0.1) is 0 Å². The number of rotatable bonds is 4.